The minimum absolute atomic E-state index is 0.0253. The van der Waals surface area contributed by atoms with Crippen LogP contribution < -0.4 is 10.1 Å². The third-order valence-electron chi connectivity index (χ3n) is 4.36. The highest BCUT2D eigenvalue weighted by Gasteiger charge is 2.25. The Hall–Kier alpha value is -1.27. The van der Waals surface area contributed by atoms with E-state index in [1.807, 2.05) is 24.8 Å². The number of urea groups is 1. The van der Waals surface area contributed by atoms with Crippen LogP contribution in [0.4, 0.5) is 4.79 Å². The molecule has 1 N–H and O–H groups in total. The summed E-state index contributed by atoms with van der Waals surface area (Å²) in [6.45, 7) is 13.0. The maximum absolute atomic E-state index is 12.2. The number of nitrogens with zero attached hydrogens (tertiary/aromatic N) is 1. The SMILES string of the molecule is CC1CN(C(=O)NCCCOc2ccc(C(C)(C)C)cc2Br)CC(C)O1. The summed E-state index contributed by atoms with van der Waals surface area (Å²) in [6, 6.07) is 6.18. The van der Waals surface area contributed by atoms with Crippen LogP contribution in [0.5, 0.6) is 5.75 Å². The van der Waals surface area contributed by atoms with Crippen molar-refractivity contribution in [3.8, 4) is 5.75 Å². The van der Waals surface area contributed by atoms with Crippen molar-refractivity contribution >= 4 is 22.0 Å². The van der Waals surface area contributed by atoms with E-state index in [2.05, 4.69) is 54.2 Å². The zero-order valence-electron chi connectivity index (χ0n) is 16.5. The van der Waals surface area contributed by atoms with Crippen molar-refractivity contribution in [3.05, 3.63) is 28.2 Å². The lowest BCUT2D eigenvalue weighted by atomic mass is 9.87. The molecular formula is C20H31BrN2O3. The standard InChI is InChI=1S/C20H31BrN2O3/c1-14-12-23(13-15(2)26-14)19(24)22-9-6-10-25-18-8-7-16(11-17(18)21)20(3,4)5/h7-8,11,14-15H,6,9-10,12-13H2,1-5H3,(H,22,24). The number of hydrogen-bond acceptors (Lipinski definition) is 3. The van der Waals surface area contributed by atoms with Crippen molar-refractivity contribution in [1.82, 2.24) is 10.2 Å². The molecule has 2 amide bonds. The van der Waals surface area contributed by atoms with Crippen LogP contribution >= 0.6 is 15.9 Å². The summed E-state index contributed by atoms with van der Waals surface area (Å²) in [5, 5.41) is 2.96. The van der Waals surface area contributed by atoms with Gasteiger partial charge in [0, 0.05) is 19.6 Å². The topological polar surface area (TPSA) is 50.8 Å². The molecule has 6 heteroatoms. The maximum Gasteiger partial charge on any atom is 0.317 e. The van der Waals surface area contributed by atoms with Crippen LogP contribution in [0.15, 0.2) is 22.7 Å². The molecular weight excluding hydrogens is 396 g/mol. The van der Waals surface area contributed by atoms with Crippen LogP contribution in [0.3, 0.4) is 0 Å². The molecule has 2 unspecified atom stereocenters. The van der Waals surface area contributed by atoms with Gasteiger partial charge in [0.25, 0.3) is 0 Å². The molecule has 0 aliphatic carbocycles. The number of rotatable bonds is 5. The Kier molecular flexibility index (Phi) is 7.35. The largest absolute Gasteiger partial charge is 0.492 e. The second-order valence-corrected chi connectivity index (χ2v) is 8.85. The van der Waals surface area contributed by atoms with Crippen molar-refractivity contribution in [2.75, 3.05) is 26.2 Å². The highest BCUT2D eigenvalue weighted by atomic mass is 79.9. The second kappa shape index (κ2) is 9.09. The molecule has 1 saturated heterocycles. The Balaban J connectivity index is 1.71. The van der Waals surface area contributed by atoms with E-state index in [1.54, 1.807) is 0 Å². The lowest BCUT2D eigenvalue weighted by Gasteiger charge is -2.35. The van der Waals surface area contributed by atoms with Gasteiger partial charge in [-0.1, -0.05) is 26.8 Å². The van der Waals surface area contributed by atoms with Crippen molar-refractivity contribution in [3.63, 3.8) is 0 Å². The third-order valence-corrected chi connectivity index (χ3v) is 4.98. The zero-order valence-corrected chi connectivity index (χ0v) is 18.1. The summed E-state index contributed by atoms with van der Waals surface area (Å²) < 4.78 is 12.5. The number of benzene rings is 1. The van der Waals surface area contributed by atoms with Gasteiger partial charge in [0.2, 0.25) is 0 Å². The Morgan fingerprint density at radius 3 is 2.54 bits per heavy atom. The van der Waals surface area contributed by atoms with E-state index >= 15 is 0 Å². The number of carbonyl (C=O) groups excluding carboxylic acids is 1. The van der Waals surface area contributed by atoms with Gasteiger partial charge in [-0.3, -0.25) is 0 Å². The monoisotopic (exact) mass is 426 g/mol. The fourth-order valence-electron chi connectivity index (χ4n) is 2.99. The average molecular weight is 427 g/mol. The first-order chi connectivity index (χ1) is 12.2. The average Bonchev–Trinajstić information content (AvgIpc) is 2.53. The van der Waals surface area contributed by atoms with Crippen molar-refractivity contribution in [1.29, 1.82) is 0 Å². The Labute approximate surface area is 165 Å². The van der Waals surface area contributed by atoms with Gasteiger partial charge in [-0.25, -0.2) is 4.79 Å². The minimum atomic E-state index is -0.0253. The van der Waals surface area contributed by atoms with Crippen LogP contribution in [0.2, 0.25) is 0 Å². The molecule has 0 saturated carbocycles. The third kappa shape index (κ3) is 6.16. The second-order valence-electron chi connectivity index (χ2n) is 7.99. The van der Waals surface area contributed by atoms with Crippen LogP contribution in [0.25, 0.3) is 0 Å². The van der Waals surface area contributed by atoms with E-state index in [0.717, 1.165) is 16.6 Å². The number of hydrogen-bond donors (Lipinski definition) is 1. The molecule has 0 aromatic heterocycles. The quantitative estimate of drug-likeness (QED) is 0.712. The summed E-state index contributed by atoms with van der Waals surface area (Å²) in [5.74, 6) is 0.833. The highest BCUT2D eigenvalue weighted by Crippen LogP contribution is 2.31. The van der Waals surface area contributed by atoms with E-state index in [4.69, 9.17) is 9.47 Å². The van der Waals surface area contributed by atoms with Gasteiger partial charge in [0.05, 0.1) is 23.3 Å². The molecule has 1 aromatic carbocycles. The van der Waals surface area contributed by atoms with Crippen molar-refractivity contribution in [2.45, 2.75) is 58.7 Å². The molecule has 1 fully saturated rings. The molecule has 0 spiro atoms. The van der Waals surface area contributed by atoms with Crippen molar-refractivity contribution in [2.24, 2.45) is 0 Å². The van der Waals surface area contributed by atoms with Crippen LogP contribution in [-0.4, -0.2) is 49.4 Å². The number of nitrogens with one attached hydrogen (secondary N) is 1. The smallest absolute Gasteiger partial charge is 0.317 e. The fraction of sp³-hybridized carbons (Fsp3) is 0.650. The Bertz CT molecular complexity index is 606. The summed E-state index contributed by atoms with van der Waals surface area (Å²) in [4.78, 5) is 14.0. The molecule has 146 valence electrons. The highest BCUT2D eigenvalue weighted by molar-refractivity contribution is 9.10. The molecule has 1 aromatic rings. The minimum Gasteiger partial charge on any atom is -0.492 e. The van der Waals surface area contributed by atoms with Gasteiger partial charge in [0.1, 0.15) is 5.75 Å². The Morgan fingerprint density at radius 2 is 1.96 bits per heavy atom. The molecule has 5 nitrogen and oxygen atoms in total. The van der Waals surface area contributed by atoms with Crippen LogP contribution in [-0.2, 0) is 10.2 Å². The lowest BCUT2D eigenvalue weighted by molar-refractivity contribution is -0.0545. The summed E-state index contributed by atoms with van der Waals surface area (Å²) in [6.07, 6.45) is 0.928. The number of morpholine rings is 1. The molecule has 1 aliphatic heterocycles. The van der Waals surface area contributed by atoms with Crippen LogP contribution in [0, 0.1) is 0 Å². The zero-order chi connectivity index (χ0) is 19.3. The van der Waals surface area contributed by atoms with Gasteiger partial charge >= 0.3 is 6.03 Å². The van der Waals surface area contributed by atoms with Gasteiger partial charge in [-0.05, 0) is 59.3 Å². The number of carbonyl (C=O) groups is 1. The predicted molar refractivity (Wildman–Crippen MR) is 108 cm³/mol. The molecule has 0 radical (unpaired) electrons. The van der Waals surface area contributed by atoms with Crippen molar-refractivity contribution < 1.29 is 14.3 Å². The van der Waals surface area contributed by atoms with Crippen LogP contribution in [0.1, 0.15) is 46.6 Å². The first-order valence-electron chi connectivity index (χ1n) is 9.28. The number of halogens is 1. The summed E-state index contributed by atoms with van der Waals surface area (Å²) in [7, 11) is 0. The number of ether oxygens (including phenoxy) is 2. The van der Waals surface area contributed by atoms with E-state index in [9.17, 15) is 4.79 Å². The molecule has 2 rings (SSSR count). The summed E-state index contributed by atoms with van der Waals surface area (Å²) in [5.41, 5.74) is 1.37. The van der Waals surface area contributed by atoms with Gasteiger partial charge in [0.15, 0.2) is 0 Å². The fourth-order valence-corrected chi connectivity index (χ4v) is 3.48. The molecule has 1 heterocycles. The lowest BCUT2D eigenvalue weighted by Crippen LogP contribution is -2.51. The first-order valence-corrected chi connectivity index (χ1v) is 10.1. The Morgan fingerprint density at radius 1 is 1.31 bits per heavy atom. The van der Waals surface area contributed by atoms with Gasteiger partial charge < -0.3 is 19.7 Å². The van der Waals surface area contributed by atoms with E-state index < -0.39 is 0 Å². The molecule has 26 heavy (non-hydrogen) atoms. The summed E-state index contributed by atoms with van der Waals surface area (Å²) >= 11 is 3.58. The normalized spacial score (nSPS) is 20.8. The molecule has 2 atom stereocenters. The van der Waals surface area contributed by atoms with E-state index in [1.165, 1.54) is 5.56 Å². The first kappa shape index (κ1) is 21.0. The molecule has 0 bridgehead atoms. The van der Waals surface area contributed by atoms with Gasteiger partial charge in [-0.15, -0.1) is 0 Å². The predicted octanol–water partition coefficient (Wildman–Crippen LogP) is 4.33. The van der Waals surface area contributed by atoms with Gasteiger partial charge in [-0.2, -0.15) is 0 Å². The van der Waals surface area contributed by atoms with E-state index in [-0.39, 0.29) is 23.7 Å². The molecule has 1 aliphatic rings. The number of amides is 2. The maximum atomic E-state index is 12.2. The van der Waals surface area contributed by atoms with E-state index in [0.29, 0.717) is 26.2 Å².